The van der Waals surface area contributed by atoms with Crippen LogP contribution in [0, 0.1) is 6.92 Å². The van der Waals surface area contributed by atoms with E-state index in [9.17, 15) is 0 Å². The predicted octanol–water partition coefficient (Wildman–Crippen LogP) is 1.80. The van der Waals surface area contributed by atoms with E-state index in [4.69, 9.17) is 9.47 Å². The van der Waals surface area contributed by atoms with Crippen LogP contribution in [-0.4, -0.2) is 18.7 Å². The molecule has 66 valence electrons. The molecule has 12 heavy (non-hydrogen) atoms. The first kappa shape index (κ1) is 8.84. The minimum absolute atomic E-state index is 0.626. The van der Waals surface area contributed by atoms with Gasteiger partial charge < -0.3 is 9.47 Å². The minimum atomic E-state index is 0.626. The van der Waals surface area contributed by atoms with Crippen LogP contribution in [-0.2, 0) is 0 Å². The first-order valence-corrected chi connectivity index (χ1v) is 3.91. The molecule has 0 aliphatic rings. The van der Waals surface area contributed by atoms with Crippen molar-refractivity contribution in [1.82, 2.24) is 4.98 Å². The number of methoxy groups -OCH3 is 1. The lowest BCUT2D eigenvalue weighted by molar-refractivity contribution is 0.309. The van der Waals surface area contributed by atoms with Crippen molar-refractivity contribution in [1.29, 1.82) is 0 Å². The van der Waals surface area contributed by atoms with Crippen LogP contribution in [0.3, 0.4) is 0 Å². The third kappa shape index (κ3) is 1.87. The molecule has 0 fully saturated rings. The molecule has 0 N–H and O–H groups in total. The normalized spacial score (nSPS) is 9.58. The standard InChI is InChI=1S/C9H13NO2/c1-4-12-9-6-10-7(2)5-8(9)11-3/h5-6H,4H2,1-3H3. The summed E-state index contributed by atoms with van der Waals surface area (Å²) in [6.45, 7) is 4.47. The van der Waals surface area contributed by atoms with E-state index in [1.54, 1.807) is 13.3 Å². The number of hydrogen-bond donors (Lipinski definition) is 0. The van der Waals surface area contributed by atoms with Crippen molar-refractivity contribution in [2.45, 2.75) is 13.8 Å². The van der Waals surface area contributed by atoms with E-state index < -0.39 is 0 Å². The molecule has 1 aromatic heterocycles. The number of rotatable bonds is 3. The van der Waals surface area contributed by atoms with Crippen molar-refractivity contribution in [2.24, 2.45) is 0 Å². The van der Waals surface area contributed by atoms with E-state index in [-0.39, 0.29) is 0 Å². The summed E-state index contributed by atoms with van der Waals surface area (Å²) in [5, 5.41) is 0. The van der Waals surface area contributed by atoms with Gasteiger partial charge in [0.1, 0.15) is 0 Å². The fraction of sp³-hybridized carbons (Fsp3) is 0.444. The Morgan fingerprint density at radius 2 is 2.17 bits per heavy atom. The molecule has 1 aromatic rings. The smallest absolute Gasteiger partial charge is 0.179 e. The van der Waals surface area contributed by atoms with E-state index in [2.05, 4.69) is 4.98 Å². The average Bonchev–Trinajstić information content (AvgIpc) is 2.08. The van der Waals surface area contributed by atoms with E-state index in [0.29, 0.717) is 12.4 Å². The lowest BCUT2D eigenvalue weighted by Gasteiger charge is -2.08. The zero-order valence-corrected chi connectivity index (χ0v) is 7.63. The number of pyridine rings is 1. The number of nitrogens with zero attached hydrogens (tertiary/aromatic N) is 1. The molecule has 0 aliphatic heterocycles. The van der Waals surface area contributed by atoms with Crippen LogP contribution in [0.2, 0.25) is 0 Å². The second-order valence-corrected chi connectivity index (χ2v) is 2.41. The van der Waals surface area contributed by atoms with Crippen molar-refractivity contribution in [3.05, 3.63) is 18.0 Å². The molecule has 1 rings (SSSR count). The summed E-state index contributed by atoms with van der Waals surface area (Å²) in [5.74, 6) is 1.44. The number of aromatic nitrogens is 1. The van der Waals surface area contributed by atoms with Gasteiger partial charge >= 0.3 is 0 Å². The summed E-state index contributed by atoms with van der Waals surface area (Å²) in [6.07, 6.45) is 1.68. The lowest BCUT2D eigenvalue weighted by atomic mass is 10.3. The van der Waals surface area contributed by atoms with E-state index >= 15 is 0 Å². The molecule has 0 aliphatic carbocycles. The molecule has 0 bridgehead atoms. The largest absolute Gasteiger partial charge is 0.493 e. The Balaban J connectivity index is 2.94. The molecule has 0 saturated heterocycles. The monoisotopic (exact) mass is 167 g/mol. The Labute approximate surface area is 72.3 Å². The molecule has 0 unspecified atom stereocenters. The van der Waals surface area contributed by atoms with Crippen molar-refractivity contribution in [3.63, 3.8) is 0 Å². The number of ether oxygens (including phenoxy) is 2. The Hall–Kier alpha value is -1.25. The molecule has 0 amide bonds. The van der Waals surface area contributed by atoms with Gasteiger partial charge in [-0.1, -0.05) is 0 Å². The van der Waals surface area contributed by atoms with Gasteiger partial charge in [-0.05, 0) is 13.8 Å². The molecular weight excluding hydrogens is 154 g/mol. The third-order valence-corrected chi connectivity index (χ3v) is 1.49. The molecular formula is C9H13NO2. The van der Waals surface area contributed by atoms with Crippen molar-refractivity contribution in [3.8, 4) is 11.5 Å². The summed E-state index contributed by atoms with van der Waals surface area (Å²) >= 11 is 0. The SMILES string of the molecule is CCOc1cnc(C)cc1OC. The maximum absolute atomic E-state index is 5.30. The first-order valence-electron chi connectivity index (χ1n) is 3.91. The van der Waals surface area contributed by atoms with Crippen LogP contribution in [0.25, 0.3) is 0 Å². The Morgan fingerprint density at radius 1 is 1.42 bits per heavy atom. The van der Waals surface area contributed by atoms with Crippen LogP contribution < -0.4 is 9.47 Å². The van der Waals surface area contributed by atoms with Crippen LogP contribution in [0.5, 0.6) is 11.5 Å². The van der Waals surface area contributed by atoms with Crippen LogP contribution in [0.1, 0.15) is 12.6 Å². The van der Waals surface area contributed by atoms with Gasteiger partial charge in [0.2, 0.25) is 0 Å². The average molecular weight is 167 g/mol. The molecule has 0 spiro atoms. The molecule has 0 aromatic carbocycles. The zero-order valence-electron chi connectivity index (χ0n) is 7.63. The van der Waals surface area contributed by atoms with Gasteiger partial charge in [-0.3, -0.25) is 4.98 Å². The van der Waals surface area contributed by atoms with Crippen molar-refractivity contribution >= 4 is 0 Å². The molecule has 0 radical (unpaired) electrons. The molecule has 3 nitrogen and oxygen atoms in total. The fourth-order valence-electron chi connectivity index (χ4n) is 0.946. The first-order chi connectivity index (χ1) is 5.77. The van der Waals surface area contributed by atoms with E-state index in [1.165, 1.54) is 0 Å². The molecule has 0 saturated carbocycles. The van der Waals surface area contributed by atoms with Crippen LogP contribution >= 0.6 is 0 Å². The molecule has 3 heteroatoms. The highest BCUT2D eigenvalue weighted by Gasteiger charge is 2.03. The van der Waals surface area contributed by atoms with Gasteiger partial charge in [0.15, 0.2) is 11.5 Å². The van der Waals surface area contributed by atoms with Crippen LogP contribution in [0.15, 0.2) is 12.3 Å². The highest BCUT2D eigenvalue weighted by Crippen LogP contribution is 2.25. The maximum atomic E-state index is 5.30. The van der Waals surface area contributed by atoms with Crippen LogP contribution in [0.4, 0.5) is 0 Å². The van der Waals surface area contributed by atoms with Crippen molar-refractivity contribution in [2.75, 3.05) is 13.7 Å². The van der Waals surface area contributed by atoms with Crippen molar-refractivity contribution < 1.29 is 9.47 Å². The number of hydrogen-bond acceptors (Lipinski definition) is 3. The van der Waals surface area contributed by atoms with Gasteiger partial charge in [0, 0.05) is 11.8 Å². The van der Waals surface area contributed by atoms with E-state index in [0.717, 1.165) is 11.4 Å². The Bertz CT molecular complexity index is 261. The summed E-state index contributed by atoms with van der Waals surface area (Å²) in [4.78, 5) is 4.10. The summed E-state index contributed by atoms with van der Waals surface area (Å²) < 4.78 is 10.4. The van der Waals surface area contributed by atoms with Gasteiger partial charge in [0.25, 0.3) is 0 Å². The minimum Gasteiger partial charge on any atom is -0.493 e. The highest BCUT2D eigenvalue weighted by molar-refractivity contribution is 5.38. The summed E-state index contributed by atoms with van der Waals surface area (Å²) in [5.41, 5.74) is 0.926. The molecule has 0 atom stereocenters. The Kier molecular flexibility index (Phi) is 2.91. The summed E-state index contributed by atoms with van der Waals surface area (Å²) in [6, 6.07) is 1.85. The topological polar surface area (TPSA) is 31.4 Å². The molecule has 1 heterocycles. The quantitative estimate of drug-likeness (QED) is 0.687. The van der Waals surface area contributed by atoms with Gasteiger partial charge in [-0.25, -0.2) is 0 Å². The maximum Gasteiger partial charge on any atom is 0.179 e. The Morgan fingerprint density at radius 3 is 2.75 bits per heavy atom. The zero-order chi connectivity index (χ0) is 8.97. The second-order valence-electron chi connectivity index (χ2n) is 2.41. The predicted molar refractivity (Wildman–Crippen MR) is 46.7 cm³/mol. The van der Waals surface area contributed by atoms with Gasteiger partial charge in [-0.15, -0.1) is 0 Å². The lowest BCUT2D eigenvalue weighted by Crippen LogP contribution is -1.96. The van der Waals surface area contributed by atoms with Gasteiger partial charge in [0.05, 0.1) is 19.9 Å². The highest BCUT2D eigenvalue weighted by atomic mass is 16.5. The van der Waals surface area contributed by atoms with Gasteiger partial charge in [-0.2, -0.15) is 0 Å². The third-order valence-electron chi connectivity index (χ3n) is 1.49. The number of aryl methyl sites for hydroxylation is 1. The van der Waals surface area contributed by atoms with E-state index in [1.807, 2.05) is 19.9 Å². The second kappa shape index (κ2) is 3.95. The summed E-state index contributed by atoms with van der Waals surface area (Å²) in [7, 11) is 1.62. The fourth-order valence-corrected chi connectivity index (χ4v) is 0.946.